The summed E-state index contributed by atoms with van der Waals surface area (Å²) in [6.45, 7) is 2.52. The highest BCUT2D eigenvalue weighted by atomic mass is 32.1. The van der Waals surface area contributed by atoms with Gasteiger partial charge in [-0.05, 0) is 67.2 Å². The number of rotatable bonds is 5. The maximum Gasteiger partial charge on any atom is 0.216 e. The van der Waals surface area contributed by atoms with Gasteiger partial charge in [-0.3, -0.25) is 0 Å². The first-order valence-electron chi connectivity index (χ1n) is 7.55. The van der Waals surface area contributed by atoms with E-state index in [4.69, 9.17) is 17.0 Å². The molecule has 0 bridgehead atoms. The summed E-state index contributed by atoms with van der Waals surface area (Å²) in [5.74, 6) is 0.918. The number of aromatic hydroxyl groups is 2. The Bertz CT molecular complexity index is 961. The molecule has 3 aromatic rings. The molecule has 0 fully saturated rings. The summed E-state index contributed by atoms with van der Waals surface area (Å²) < 4.78 is 7.25. The lowest BCUT2D eigenvalue weighted by Crippen LogP contribution is -1.96. The lowest BCUT2D eigenvalue weighted by molar-refractivity contribution is 0.340. The molecule has 0 amide bonds. The van der Waals surface area contributed by atoms with Gasteiger partial charge in [-0.15, -0.1) is 0 Å². The van der Waals surface area contributed by atoms with Crippen LogP contribution in [0.5, 0.6) is 17.2 Å². The van der Waals surface area contributed by atoms with Crippen molar-refractivity contribution in [2.75, 3.05) is 6.61 Å². The van der Waals surface area contributed by atoms with Gasteiger partial charge in [0, 0.05) is 5.56 Å². The summed E-state index contributed by atoms with van der Waals surface area (Å²) in [6, 6.07) is 11.9. The van der Waals surface area contributed by atoms with Crippen LogP contribution in [0.2, 0.25) is 0 Å². The molecule has 0 aliphatic heterocycles. The van der Waals surface area contributed by atoms with E-state index in [0.29, 0.717) is 22.8 Å². The van der Waals surface area contributed by atoms with E-state index in [0.717, 1.165) is 11.3 Å². The van der Waals surface area contributed by atoms with Crippen LogP contribution in [0.1, 0.15) is 12.5 Å². The maximum atomic E-state index is 9.54. The van der Waals surface area contributed by atoms with Crippen LogP contribution in [-0.2, 0) is 0 Å². The number of ether oxygens (including phenoxy) is 1. The summed E-state index contributed by atoms with van der Waals surface area (Å²) in [5, 5.41) is 30.1. The molecule has 0 aliphatic carbocycles. The molecule has 2 aromatic carbocycles. The van der Waals surface area contributed by atoms with Crippen molar-refractivity contribution in [3.05, 3.63) is 52.8 Å². The number of aromatic nitrogens is 3. The van der Waals surface area contributed by atoms with Crippen LogP contribution in [0.15, 0.2) is 47.6 Å². The Morgan fingerprint density at radius 1 is 1.20 bits per heavy atom. The molecule has 3 rings (SSSR count). The number of nitrogens with zero attached hydrogens (tertiary/aromatic N) is 3. The number of nitrogens with one attached hydrogen (secondary N) is 1. The number of phenolic OH excluding ortho intramolecular Hbond substituents is 2. The van der Waals surface area contributed by atoms with E-state index in [1.54, 1.807) is 6.07 Å². The van der Waals surface area contributed by atoms with Gasteiger partial charge < -0.3 is 14.9 Å². The molecule has 0 atom stereocenters. The van der Waals surface area contributed by atoms with Crippen LogP contribution >= 0.6 is 12.2 Å². The number of benzene rings is 2. The average Bonchev–Trinajstić information content (AvgIpc) is 2.98. The van der Waals surface area contributed by atoms with E-state index < -0.39 is 0 Å². The van der Waals surface area contributed by atoms with Gasteiger partial charge >= 0.3 is 0 Å². The van der Waals surface area contributed by atoms with E-state index in [2.05, 4.69) is 15.3 Å². The summed E-state index contributed by atoms with van der Waals surface area (Å²) >= 11 is 5.22. The molecule has 0 saturated heterocycles. The minimum absolute atomic E-state index is 0.188. The first-order valence-corrected chi connectivity index (χ1v) is 7.96. The number of aromatic amines is 1. The molecule has 128 valence electrons. The number of phenols is 2. The molecule has 7 nitrogen and oxygen atoms in total. The van der Waals surface area contributed by atoms with E-state index in [1.807, 2.05) is 31.2 Å². The van der Waals surface area contributed by atoms with Gasteiger partial charge in [0.2, 0.25) is 4.77 Å². The van der Waals surface area contributed by atoms with Crippen LogP contribution in [0, 0.1) is 4.77 Å². The molecule has 0 saturated carbocycles. The smallest absolute Gasteiger partial charge is 0.216 e. The minimum atomic E-state index is -0.216. The summed E-state index contributed by atoms with van der Waals surface area (Å²) in [6.07, 6.45) is 1.52. The lowest BCUT2D eigenvalue weighted by Gasteiger charge is -2.04. The van der Waals surface area contributed by atoms with Gasteiger partial charge in [0.15, 0.2) is 17.3 Å². The van der Waals surface area contributed by atoms with Crippen LogP contribution in [-0.4, -0.2) is 37.9 Å². The zero-order valence-corrected chi connectivity index (χ0v) is 14.2. The zero-order valence-electron chi connectivity index (χ0n) is 13.4. The van der Waals surface area contributed by atoms with Crippen molar-refractivity contribution in [2.45, 2.75) is 6.92 Å². The average molecular weight is 356 g/mol. The Kier molecular flexibility index (Phi) is 4.80. The molecule has 0 aliphatic rings. The molecule has 1 heterocycles. The van der Waals surface area contributed by atoms with Gasteiger partial charge in [-0.2, -0.15) is 14.9 Å². The van der Waals surface area contributed by atoms with Crippen LogP contribution in [0.3, 0.4) is 0 Å². The number of H-pyrrole nitrogens is 1. The third-order valence-electron chi connectivity index (χ3n) is 3.40. The second-order valence-corrected chi connectivity index (χ2v) is 5.50. The van der Waals surface area contributed by atoms with Crippen molar-refractivity contribution >= 4 is 18.4 Å². The Labute approximate surface area is 148 Å². The molecule has 0 unspecified atom stereocenters. The highest BCUT2D eigenvalue weighted by Crippen LogP contribution is 2.24. The third-order valence-corrected chi connectivity index (χ3v) is 3.66. The minimum Gasteiger partial charge on any atom is -0.504 e. The van der Waals surface area contributed by atoms with Crippen molar-refractivity contribution in [1.82, 2.24) is 14.9 Å². The van der Waals surface area contributed by atoms with Crippen molar-refractivity contribution in [1.29, 1.82) is 0 Å². The van der Waals surface area contributed by atoms with E-state index in [9.17, 15) is 10.2 Å². The number of hydrogen-bond acceptors (Lipinski definition) is 6. The quantitative estimate of drug-likeness (QED) is 0.370. The maximum absolute atomic E-state index is 9.54. The summed E-state index contributed by atoms with van der Waals surface area (Å²) in [5.41, 5.74) is 1.43. The first kappa shape index (κ1) is 16.7. The number of hydrogen-bond donors (Lipinski definition) is 3. The van der Waals surface area contributed by atoms with E-state index >= 15 is 0 Å². The molecule has 8 heteroatoms. The molecule has 0 radical (unpaired) electrons. The van der Waals surface area contributed by atoms with E-state index in [1.165, 1.54) is 23.0 Å². The summed E-state index contributed by atoms with van der Waals surface area (Å²) in [4.78, 5) is 0. The fraction of sp³-hybridized carbons (Fsp3) is 0.118. The Balaban J connectivity index is 1.92. The largest absolute Gasteiger partial charge is 0.504 e. The van der Waals surface area contributed by atoms with Gasteiger partial charge in [-0.1, -0.05) is 0 Å². The second kappa shape index (κ2) is 7.18. The second-order valence-electron chi connectivity index (χ2n) is 5.11. The van der Waals surface area contributed by atoms with E-state index in [-0.39, 0.29) is 11.5 Å². The molecular weight excluding hydrogens is 340 g/mol. The predicted octanol–water partition coefficient (Wildman–Crippen LogP) is 3.30. The molecule has 25 heavy (non-hydrogen) atoms. The normalized spacial score (nSPS) is 11.1. The topological polar surface area (TPSA) is 95.7 Å². The third kappa shape index (κ3) is 3.69. The highest BCUT2D eigenvalue weighted by molar-refractivity contribution is 7.71. The van der Waals surface area contributed by atoms with Crippen LogP contribution in [0.4, 0.5) is 0 Å². The standard InChI is InChI=1S/C17H16N4O3S/c1-2-24-13-6-4-12(5-7-13)16-19-20-17(25)21(16)18-10-11-3-8-14(22)15(23)9-11/h3-10,22-23H,2H2,1H3,(H,20,25)/b18-10+. The first-order chi connectivity index (χ1) is 12.1. The van der Waals surface area contributed by atoms with Crippen LogP contribution in [0.25, 0.3) is 11.4 Å². The van der Waals surface area contributed by atoms with Crippen molar-refractivity contribution in [3.63, 3.8) is 0 Å². The van der Waals surface area contributed by atoms with Crippen molar-refractivity contribution in [2.24, 2.45) is 5.10 Å². The lowest BCUT2D eigenvalue weighted by atomic mass is 10.2. The zero-order chi connectivity index (χ0) is 17.8. The molecule has 3 N–H and O–H groups in total. The van der Waals surface area contributed by atoms with Crippen LogP contribution < -0.4 is 4.74 Å². The van der Waals surface area contributed by atoms with Gasteiger partial charge in [0.1, 0.15) is 5.75 Å². The Morgan fingerprint density at radius 2 is 1.96 bits per heavy atom. The molecule has 1 aromatic heterocycles. The molecule has 0 spiro atoms. The Hall–Kier alpha value is -3.13. The summed E-state index contributed by atoms with van der Waals surface area (Å²) in [7, 11) is 0. The van der Waals surface area contributed by atoms with Crippen molar-refractivity contribution < 1.29 is 14.9 Å². The molecular formula is C17H16N4O3S. The Morgan fingerprint density at radius 3 is 2.64 bits per heavy atom. The fourth-order valence-electron chi connectivity index (χ4n) is 2.20. The van der Waals surface area contributed by atoms with Gasteiger partial charge in [-0.25, -0.2) is 5.10 Å². The van der Waals surface area contributed by atoms with Gasteiger partial charge in [0.25, 0.3) is 0 Å². The SMILES string of the molecule is CCOc1ccc(-c2n[nH]c(=S)n2/N=C/c2ccc(O)c(O)c2)cc1. The predicted molar refractivity (Wildman–Crippen MR) is 96.8 cm³/mol. The van der Waals surface area contributed by atoms with Gasteiger partial charge in [0.05, 0.1) is 12.8 Å². The fourth-order valence-corrected chi connectivity index (χ4v) is 2.38. The highest BCUT2D eigenvalue weighted by Gasteiger charge is 2.08. The van der Waals surface area contributed by atoms with Crippen molar-refractivity contribution in [3.8, 4) is 28.6 Å². The monoisotopic (exact) mass is 356 g/mol.